The number of nitrogens with one attached hydrogen (secondary N) is 1. The van der Waals surface area contributed by atoms with Crippen LogP contribution in [-0.4, -0.2) is 30.1 Å². The minimum atomic E-state index is -0.908. The maximum absolute atomic E-state index is 11.0. The second-order valence-corrected chi connectivity index (χ2v) is 4.62. The standard InChI is InChI=1S/C9H15NO3S/c1-5-4-10-6(2)14-8(9(11)12)7(5)13-3/h5-6,10H,4H2,1-3H3,(H,11,12). The molecule has 0 bridgehead atoms. The summed E-state index contributed by atoms with van der Waals surface area (Å²) in [6.45, 7) is 4.64. The van der Waals surface area contributed by atoms with Gasteiger partial charge < -0.3 is 15.2 Å². The highest BCUT2D eigenvalue weighted by Gasteiger charge is 2.26. The predicted octanol–water partition coefficient (Wildman–Crippen LogP) is 1.25. The number of methoxy groups -OCH3 is 1. The van der Waals surface area contributed by atoms with Gasteiger partial charge in [0.2, 0.25) is 0 Å². The maximum Gasteiger partial charge on any atom is 0.345 e. The van der Waals surface area contributed by atoms with Gasteiger partial charge in [0.05, 0.1) is 12.5 Å². The third-order valence-electron chi connectivity index (χ3n) is 2.09. The molecule has 1 rings (SSSR count). The Morgan fingerprint density at radius 2 is 2.29 bits per heavy atom. The first-order valence-electron chi connectivity index (χ1n) is 4.47. The molecule has 0 aliphatic carbocycles. The molecule has 1 heterocycles. The molecule has 0 amide bonds. The summed E-state index contributed by atoms with van der Waals surface area (Å²) >= 11 is 1.30. The summed E-state index contributed by atoms with van der Waals surface area (Å²) < 4.78 is 5.14. The average molecular weight is 217 g/mol. The number of aliphatic carboxylic acids is 1. The number of carboxylic acid groups (broad SMARTS) is 1. The van der Waals surface area contributed by atoms with Crippen LogP contribution in [0.15, 0.2) is 10.7 Å². The van der Waals surface area contributed by atoms with Crippen molar-refractivity contribution in [2.24, 2.45) is 5.92 Å². The van der Waals surface area contributed by atoms with E-state index in [1.165, 1.54) is 18.9 Å². The van der Waals surface area contributed by atoms with E-state index in [0.717, 1.165) is 6.54 Å². The molecule has 2 N–H and O–H groups in total. The molecule has 0 saturated carbocycles. The van der Waals surface area contributed by atoms with E-state index < -0.39 is 5.97 Å². The van der Waals surface area contributed by atoms with Crippen LogP contribution < -0.4 is 5.32 Å². The van der Waals surface area contributed by atoms with E-state index >= 15 is 0 Å². The molecular weight excluding hydrogens is 202 g/mol. The Bertz CT molecular complexity index is 265. The highest BCUT2D eigenvalue weighted by atomic mass is 32.2. The summed E-state index contributed by atoms with van der Waals surface area (Å²) in [7, 11) is 1.52. The second kappa shape index (κ2) is 4.70. The Hall–Kier alpha value is -0.680. The number of hydrogen-bond acceptors (Lipinski definition) is 4. The number of thioether (sulfide) groups is 1. The summed E-state index contributed by atoms with van der Waals surface area (Å²) in [5.41, 5.74) is 0. The summed E-state index contributed by atoms with van der Waals surface area (Å²) in [6, 6.07) is 0. The van der Waals surface area contributed by atoms with Crippen LogP contribution in [0.1, 0.15) is 13.8 Å². The predicted molar refractivity (Wildman–Crippen MR) is 55.9 cm³/mol. The fourth-order valence-electron chi connectivity index (χ4n) is 1.39. The van der Waals surface area contributed by atoms with E-state index in [1.54, 1.807) is 0 Å². The van der Waals surface area contributed by atoms with Gasteiger partial charge in [-0.05, 0) is 6.92 Å². The van der Waals surface area contributed by atoms with Crippen molar-refractivity contribution < 1.29 is 14.6 Å². The fourth-order valence-corrected chi connectivity index (χ4v) is 2.42. The van der Waals surface area contributed by atoms with Crippen LogP contribution >= 0.6 is 11.8 Å². The van der Waals surface area contributed by atoms with Gasteiger partial charge in [-0.3, -0.25) is 0 Å². The molecule has 0 fully saturated rings. The van der Waals surface area contributed by atoms with Crippen LogP contribution in [0, 0.1) is 5.92 Å². The van der Waals surface area contributed by atoms with E-state index in [0.29, 0.717) is 10.7 Å². The molecule has 0 aromatic carbocycles. The quantitative estimate of drug-likeness (QED) is 0.729. The number of ether oxygens (including phenoxy) is 1. The fraction of sp³-hybridized carbons (Fsp3) is 0.667. The lowest BCUT2D eigenvalue weighted by Gasteiger charge is -2.13. The van der Waals surface area contributed by atoms with Crippen molar-refractivity contribution in [1.29, 1.82) is 0 Å². The normalized spacial score (nSPS) is 28.5. The lowest BCUT2D eigenvalue weighted by atomic mass is 10.1. The molecule has 1 aliphatic rings. The Morgan fingerprint density at radius 1 is 1.64 bits per heavy atom. The summed E-state index contributed by atoms with van der Waals surface area (Å²) in [5.74, 6) is -0.239. The number of rotatable bonds is 2. The third kappa shape index (κ3) is 2.42. The monoisotopic (exact) mass is 217 g/mol. The lowest BCUT2D eigenvalue weighted by Crippen LogP contribution is -2.26. The van der Waals surface area contributed by atoms with Crippen molar-refractivity contribution in [3.8, 4) is 0 Å². The Labute approximate surface area is 87.7 Å². The topological polar surface area (TPSA) is 58.6 Å². The van der Waals surface area contributed by atoms with Gasteiger partial charge in [-0.2, -0.15) is 0 Å². The van der Waals surface area contributed by atoms with Gasteiger partial charge in [0, 0.05) is 12.5 Å². The lowest BCUT2D eigenvalue weighted by molar-refractivity contribution is -0.132. The smallest absolute Gasteiger partial charge is 0.345 e. The molecular formula is C9H15NO3S. The molecule has 0 aromatic rings. The minimum Gasteiger partial charge on any atom is -0.499 e. The van der Waals surface area contributed by atoms with Crippen molar-refractivity contribution in [2.45, 2.75) is 19.2 Å². The number of carboxylic acids is 1. The average Bonchev–Trinajstić information content (AvgIpc) is 2.26. The number of hydrogen-bond donors (Lipinski definition) is 2. The zero-order chi connectivity index (χ0) is 10.7. The summed E-state index contributed by atoms with van der Waals surface area (Å²) in [6.07, 6.45) is 0. The van der Waals surface area contributed by atoms with Crippen LogP contribution in [0.2, 0.25) is 0 Å². The molecule has 2 unspecified atom stereocenters. The Morgan fingerprint density at radius 3 is 2.79 bits per heavy atom. The van der Waals surface area contributed by atoms with Crippen LogP contribution in [0.5, 0.6) is 0 Å². The minimum absolute atomic E-state index is 0.101. The van der Waals surface area contributed by atoms with E-state index in [2.05, 4.69) is 5.32 Å². The Balaban J connectivity index is 3.01. The summed E-state index contributed by atoms with van der Waals surface area (Å²) in [5, 5.41) is 12.3. The maximum atomic E-state index is 11.0. The van der Waals surface area contributed by atoms with Crippen molar-refractivity contribution in [2.75, 3.05) is 13.7 Å². The molecule has 80 valence electrons. The van der Waals surface area contributed by atoms with Gasteiger partial charge in [0.1, 0.15) is 10.7 Å². The molecule has 5 heteroatoms. The van der Waals surface area contributed by atoms with Crippen molar-refractivity contribution in [1.82, 2.24) is 5.32 Å². The second-order valence-electron chi connectivity index (χ2n) is 3.27. The zero-order valence-electron chi connectivity index (χ0n) is 8.53. The molecule has 0 aromatic heterocycles. The molecule has 0 radical (unpaired) electrons. The van der Waals surface area contributed by atoms with Crippen LogP contribution in [0.4, 0.5) is 0 Å². The van der Waals surface area contributed by atoms with Crippen LogP contribution in [-0.2, 0) is 9.53 Å². The molecule has 0 spiro atoms. The summed E-state index contributed by atoms with van der Waals surface area (Å²) in [4.78, 5) is 11.3. The first kappa shape index (κ1) is 11.4. The SMILES string of the molecule is COC1=C(C(=O)O)SC(C)NCC1C. The molecule has 4 nitrogen and oxygen atoms in total. The highest BCUT2D eigenvalue weighted by Crippen LogP contribution is 2.30. The largest absolute Gasteiger partial charge is 0.499 e. The van der Waals surface area contributed by atoms with Gasteiger partial charge in [-0.1, -0.05) is 18.7 Å². The van der Waals surface area contributed by atoms with Crippen LogP contribution in [0.3, 0.4) is 0 Å². The van der Waals surface area contributed by atoms with E-state index in [1.807, 2.05) is 13.8 Å². The van der Waals surface area contributed by atoms with Gasteiger partial charge in [-0.25, -0.2) is 4.79 Å². The van der Waals surface area contributed by atoms with Gasteiger partial charge >= 0.3 is 5.97 Å². The van der Waals surface area contributed by atoms with E-state index in [4.69, 9.17) is 9.84 Å². The number of carbonyl (C=O) groups is 1. The van der Waals surface area contributed by atoms with Crippen molar-refractivity contribution >= 4 is 17.7 Å². The van der Waals surface area contributed by atoms with Gasteiger partial charge in [-0.15, -0.1) is 0 Å². The zero-order valence-corrected chi connectivity index (χ0v) is 9.35. The Kier molecular flexibility index (Phi) is 3.83. The molecule has 1 aliphatic heterocycles. The molecule has 14 heavy (non-hydrogen) atoms. The van der Waals surface area contributed by atoms with Crippen molar-refractivity contribution in [3.63, 3.8) is 0 Å². The van der Waals surface area contributed by atoms with Crippen LogP contribution in [0.25, 0.3) is 0 Å². The first-order chi connectivity index (χ1) is 6.56. The molecule has 0 saturated heterocycles. The first-order valence-corrected chi connectivity index (χ1v) is 5.35. The third-order valence-corrected chi connectivity index (χ3v) is 3.22. The van der Waals surface area contributed by atoms with Gasteiger partial charge in [0.25, 0.3) is 0 Å². The molecule has 2 atom stereocenters. The van der Waals surface area contributed by atoms with E-state index in [-0.39, 0.29) is 11.3 Å². The van der Waals surface area contributed by atoms with Crippen molar-refractivity contribution in [3.05, 3.63) is 10.7 Å². The van der Waals surface area contributed by atoms with E-state index in [9.17, 15) is 4.79 Å². The highest BCUT2D eigenvalue weighted by molar-refractivity contribution is 8.04. The van der Waals surface area contributed by atoms with Gasteiger partial charge in [0.15, 0.2) is 0 Å².